The largest absolute Gasteiger partial charge is 0.481 e. The maximum atomic E-state index is 12.2. The maximum absolute atomic E-state index is 12.2. The van der Waals surface area contributed by atoms with Gasteiger partial charge in [0.05, 0.1) is 6.42 Å². The Balaban J connectivity index is 2.00. The molecule has 1 aromatic rings. The third-order valence-electron chi connectivity index (χ3n) is 3.49. The monoisotopic (exact) mass is 295 g/mol. The molecule has 0 radical (unpaired) electrons. The second kappa shape index (κ2) is 6.38. The van der Waals surface area contributed by atoms with Gasteiger partial charge in [-0.05, 0) is 18.8 Å². The molecule has 0 spiro atoms. The Hall–Kier alpha value is -2.38. The van der Waals surface area contributed by atoms with Crippen molar-refractivity contribution in [3.8, 4) is 0 Å². The SMILES string of the molecule is O=C(O)CC1CCCN(C(=O)Cc2cc(=O)[nH]c(=O)[nH]2)C1. The van der Waals surface area contributed by atoms with E-state index in [9.17, 15) is 19.2 Å². The van der Waals surface area contributed by atoms with E-state index in [1.165, 1.54) is 6.07 Å². The normalized spacial score (nSPS) is 18.5. The highest BCUT2D eigenvalue weighted by atomic mass is 16.4. The van der Waals surface area contributed by atoms with E-state index in [4.69, 9.17) is 5.11 Å². The summed E-state index contributed by atoms with van der Waals surface area (Å²) >= 11 is 0. The van der Waals surface area contributed by atoms with Crippen LogP contribution in [0, 0.1) is 5.92 Å². The number of carbonyl (C=O) groups excluding carboxylic acids is 1. The van der Waals surface area contributed by atoms with Gasteiger partial charge in [-0.3, -0.25) is 19.4 Å². The number of aliphatic carboxylic acids is 1. The van der Waals surface area contributed by atoms with E-state index >= 15 is 0 Å². The fourth-order valence-corrected chi connectivity index (χ4v) is 2.59. The number of hydrogen-bond donors (Lipinski definition) is 3. The van der Waals surface area contributed by atoms with Crippen LogP contribution in [0.25, 0.3) is 0 Å². The van der Waals surface area contributed by atoms with Gasteiger partial charge in [0.1, 0.15) is 0 Å². The lowest BCUT2D eigenvalue weighted by Crippen LogP contribution is -2.41. The Kier molecular flexibility index (Phi) is 4.56. The van der Waals surface area contributed by atoms with Gasteiger partial charge in [-0.15, -0.1) is 0 Å². The van der Waals surface area contributed by atoms with E-state index in [1.807, 2.05) is 4.98 Å². The number of aromatic nitrogens is 2. The van der Waals surface area contributed by atoms with Crippen LogP contribution >= 0.6 is 0 Å². The van der Waals surface area contributed by atoms with Crippen LogP contribution in [-0.4, -0.2) is 44.9 Å². The van der Waals surface area contributed by atoms with Crippen LogP contribution in [0.1, 0.15) is 25.0 Å². The number of H-pyrrole nitrogens is 2. The second-order valence-electron chi connectivity index (χ2n) is 5.24. The first-order chi connectivity index (χ1) is 9.94. The minimum Gasteiger partial charge on any atom is -0.481 e. The lowest BCUT2D eigenvalue weighted by atomic mass is 9.94. The third-order valence-corrected chi connectivity index (χ3v) is 3.49. The molecule has 3 N–H and O–H groups in total. The van der Waals surface area contributed by atoms with Crippen LogP contribution in [0.4, 0.5) is 0 Å². The molecule has 0 saturated carbocycles. The van der Waals surface area contributed by atoms with Gasteiger partial charge >= 0.3 is 11.7 Å². The molecule has 2 heterocycles. The van der Waals surface area contributed by atoms with E-state index < -0.39 is 17.2 Å². The first-order valence-electron chi connectivity index (χ1n) is 6.76. The van der Waals surface area contributed by atoms with Crippen molar-refractivity contribution in [1.29, 1.82) is 0 Å². The molecule has 1 atom stereocenters. The van der Waals surface area contributed by atoms with Gasteiger partial charge in [-0.2, -0.15) is 0 Å². The lowest BCUT2D eigenvalue weighted by Gasteiger charge is -2.32. The molecule has 114 valence electrons. The number of hydrogen-bond acceptors (Lipinski definition) is 4. The fourth-order valence-electron chi connectivity index (χ4n) is 2.59. The minimum atomic E-state index is -0.867. The van der Waals surface area contributed by atoms with Gasteiger partial charge in [-0.25, -0.2) is 4.79 Å². The molecule has 8 heteroatoms. The maximum Gasteiger partial charge on any atom is 0.325 e. The van der Waals surface area contributed by atoms with E-state index in [2.05, 4.69) is 4.98 Å². The number of nitrogens with one attached hydrogen (secondary N) is 2. The number of carbonyl (C=O) groups is 2. The van der Waals surface area contributed by atoms with Crippen molar-refractivity contribution in [3.05, 3.63) is 32.6 Å². The van der Waals surface area contributed by atoms with E-state index in [1.54, 1.807) is 4.90 Å². The van der Waals surface area contributed by atoms with Crippen molar-refractivity contribution in [1.82, 2.24) is 14.9 Å². The van der Waals surface area contributed by atoms with Gasteiger partial charge in [-0.1, -0.05) is 0 Å². The molecule has 1 saturated heterocycles. The van der Waals surface area contributed by atoms with E-state index in [-0.39, 0.29) is 30.4 Å². The van der Waals surface area contributed by atoms with Gasteiger partial charge in [0.2, 0.25) is 5.91 Å². The lowest BCUT2D eigenvalue weighted by molar-refractivity contribution is -0.140. The predicted octanol–water partition coefficient (Wildman–Crippen LogP) is -0.681. The smallest absolute Gasteiger partial charge is 0.325 e. The number of carboxylic acids is 1. The molecule has 21 heavy (non-hydrogen) atoms. The molecular formula is C13H17N3O5. The summed E-state index contributed by atoms with van der Waals surface area (Å²) in [7, 11) is 0. The first kappa shape index (κ1) is 15.0. The molecule has 8 nitrogen and oxygen atoms in total. The van der Waals surface area contributed by atoms with Gasteiger partial charge in [0.25, 0.3) is 5.56 Å². The molecule has 1 aliphatic rings. The summed E-state index contributed by atoms with van der Waals surface area (Å²) in [4.78, 5) is 51.2. The van der Waals surface area contributed by atoms with Crippen molar-refractivity contribution < 1.29 is 14.7 Å². The highest BCUT2D eigenvalue weighted by Crippen LogP contribution is 2.20. The van der Waals surface area contributed by atoms with Crippen LogP contribution in [0.2, 0.25) is 0 Å². The average Bonchev–Trinajstić information content (AvgIpc) is 2.36. The fraction of sp³-hybridized carbons (Fsp3) is 0.538. The van der Waals surface area contributed by atoms with Crippen molar-refractivity contribution in [2.45, 2.75) is 25.7 Å². The molecule has 0 bridgehead atoms. The van der Waals surface area contributed by atoms with Crippen LogP contribution in [0.5, 0.6) is 0 Å². The molecule has 1 amide bonds. The molecule has 1 unspecified atom stereocenters. The van der Waals surface area contributed by atoms with Crippen LogP contribution in [0.15, 0.2) is 15.7 Å². The second-order valence-corrected chi connectivity index (χ2v) is 5.24. The number of amides is 1. The van der Waals surface area contributed by atoms with Crippen molar-refractivity contribution in [2.75, 3.05) is 13.1 Å². The Bertz CT molecular complexity index is 619. The Morgan fingerprint density at radius 3 is 2.76 bits per heavy atom. The summed E-state index contributed by atoms with van der Waals surface area (Å²) in [6, 6.07) is 1.18. The van der Waals surface area contributed by atoms with Crippen LogP contribution in [-0.2, 0) is 16.0 Å². The predicted molar refractivity (Wildman–Crippen MR) is 72.9 cm³/mol. The number of carboxylic acid groups (broad SMARTS) is 1. The zero-order valence-electron chi connectivity index (χ0n) is 11.4. The molecule has 0 aliphatic carbocycles. The number of nitrogens with zero attached hydrogens (tertiary/aromatic N) is 1. The summed E-state index contributed by atoms with van der Waals surface area (Å²) in [6.07, 6.45) is 1.53. The number of piperidine rings is 1. The Labute approximate surface area is 119 Å². The van der Waals surface area contributed by atoms with Crippen LogP contribution in [0.3, 0.4) is 0 Å². The Morgan fingerprint density at radius 1 is 1.33 bits per heavy atom. The highest BCUT2D eigenvalue weighted by molar-refractivity contribution is 5.78. The zero-order valence-corrected chi connectivity index (χ0v) is 11.4. The number of likely N-dealkylation sites (tertiary alicyclic amines) is 1. The van der Waals surface area contributed by atoms with Crippen molar-refractivity contribution >= 4 is 11.9 Å². The summed E-state index contributed by atoms with van der Waals surface area (Å²) in [6.45, 7) is 0.973. The summed E-state index contributed by atoms with van der Waals surface area (Å²) in [5, 5.41) is 8.81. The topological polar surface area (TPSA) is 123 Å². The summed E-state index contributed by atoms with van der Waals surface area (Å²) in [5.41, 5.74) is -0.939. The standard InChI is InChI=1S/C13H17N3O5/c17-10-5-9(14-13(21)15-10)6-11(18)16-3-1-2-8(7-16)4-12(19)20/h5,8H,1-4,6-7H2,(H,19,20)(H2,14,15,17,21). The minimum absolute atomic E-state index is 0.0431. The van der Waals surface area contributed by atoms with Crippen molar-refractivity contribution in [2.24, 2.45) is 5.92 Å². The zero-order chi connectivity index (χ0) is 15.4. The molecule has 1 aliphatic heterocycles. The molecule has 1 fully saturated rings. The third kappa shape index (κ3) is 4.30. The molecular weight excluding hydrogens is 278 g/mol. The molecule has 2 rings (SSSR count). The molecule has 0 aromatic carbocycles. The van der Waals surface area contributed by atoms with E-state index in [0.29, 0.717) is 13.1 Å². The highest BCUT2D eigenvalue weighted by Gasteiger charge is 2.25. The first-order valence-corrected chi connectivity index (χ1v) is 6.76. The summed E-state index contributed by atoms with van der Waals surface area (Å²) < 4.78 is 0. The molecule has 1 aromatic heterocycles. The average molecular weight is 295 g/mol. The summed E-state index contributed by atoms with van der Waals surface area (Å²) in [5.74, 6) is -1.13. The number of rotatable bonds is 4. The Morgan fingerprint density at radius 2 is 2.10 bits per heavy atom. The quantitative estimate of drug-likeness (QED) is 0.679. The number of aromatic amines is 2. The van der Waals surface area contributed by atoms with Gasteiger partial charge in [0, 0.05) is 31.3 Å². The van der Waals surface area contributed by atoms with Crippen molar-refractivity contribution in [3.63, 3.8) is 0 Å². The van der Waals surface area contributed by atoms with E-state index in [0.717, 1.165) is 12.8 Å². The van der Waals surface area contributed by atoms with Gasteiger partial charge in [0.15, 0.2) is 0 Å². The van der Waals surface area contributed by atoms with Crippen LogP contribution < -0.4 is 11.2 Å². The van der Waals surface area contributed by atoms with Gasteiger partial charge < -0.3 is 15.0 Å².